The van der Waals surface area contributed by atoms with Crippen LogP contribution in [0.3, 0.4) is 0 Å². The molecule has 0 aromatic heterocycles. The SMILES string of the molecule is CCc1ccc(O)c(NC(=O)[C@H]2COCCN2CC(F)(F)F)c1. The maximum atomic E-state index is 12.6. The number of amides is 1. The van der Waals surface area contributed by atoms with Crippen LogP contribution in [-0.4, -0.2) is 54.4 Å². The predicted molar refractivity (Wildman–Crippen MR) is 78.3 cm³/mol. The van der Waals surface area contributed by atoms with Crippen molar-refractivity contribution in [3.05, 3.63) is 23.8 Å². The highest BCUT2D eigenvalue weighted by Gasteiger charge is 2.38. The average Bonchev–Trinajstić information content (AvgIpc) is 2.48. The summed E-state index contributed by atoms with van der Waals surface area (Å²) < 4.78 is 43.0. The van der Waals surface area contributed by atoms with Crippen molar-refractivity contribution in [1.82, 2.24) is 4.90 Å². The summed E-state index contributed by atoms with van der Waals surface area (Å²) in [6, 6.07) is 3.71. The third-order valence-corrected chi connectivity index (χ3v) is 3.65. The van der Waals surface area contributed by atoms with E-state index in [2.05, 4.69) is 5.32 Å². The summed E-state index contributed by atoms with van der Waals surface area (Å²) in [5, 5.41) is 12.3. The summed E-state index contributed by atoms with van der Waals surface area (Å²) >= 11 is 0. The van der Waals surface area contributed by atoms with Crippen LogP contribution in [0.15, 0.2) is 18.2 Å². The molecule has 1 heterocycles. The monoisotopic (exact) mass is 332 g/mol. The Labute approximate surface area is 132 Å². The van der Waals surface area contributed by atoms with Gasteiger partial charge in [0.05, 0.1) is 25.4 Å². The van der Waals surface area contributed by atoms with E-state index < -0.39 is 24.7 Å². The summed E-state index contributed by atoms with van der Waals surface area (Å²) in [6.07, 6.45) is -3.68. The number of ether oxygens (including phenoxy) is 1. The predicted octanol–water partition coefficient (Wildman–Crippen LogP) is 2.16. The van der Waals surface area contributed by atoms with Crippen LogP contribution in [0.5, 0.6) is 5.75 Å². The molecule has 0 unspecified atom stereocenters. The van der Waals surface area contributed by atoms with Gasteiger partial charge in [-0.1, -0.05) is 13.0 Å². The van der Waals surface area contributed by atoms with Crippen LogP contribution < -0.4 is 5.32 Å². The van der Waals surface area contributed by atoms with E-state index >= 15 is 0 Å². The van der Waals surface area contributed by atoms with Crippen LogP contribution in [-0.2, 0) is 16.0 Å². The first-order valence-corrected chi connectivity index (χ1v) is 7.31. The molecule has 1 fully saturated rings. The number of phenolic OH excluding ortho intramolecular Hbond substituents is 1. The molecule has 1 atom stereocenters. The molecule has 1 aliphatic heterocycles. The highest BCUT2D eigenvalue weighted by molar-refractivity contribution is 5.96. The molecular formula is C15H19F3N2O3. The van der Waals surface area contributed by atoms with E-state index in [0.29, 0.717) is 6.42 Å². The number of carbonyl (C=O) groups is 1. The van der Waals surface area contributed by atoms with Crippen molar-refractivity contribution in [3.8, 4) is 5.75 Å². The molecule has 0 radical (unpaired) electrons. The summed E-state index contributed by atoms with van der Waals surface area (Å²) in [5.41, 5.74) is 1.08. The van der Waals surface area contributed by atoms with Crippen molar-refractivity contribution < 1.29 is 27.8 Å². The first-order chi connectivity index (χ1) is 10.8. The number of nitrogens with one attached hydrogen (secondary N) is 1. The molecule has 0 aliphatic carbocycles. The second kappa shape index (κ2) is 7.18. The number of aromatic hydroxyl groups is 1. The molecule has 1 aliphatic rings. The van der Waals surface area contributed by atoms with Crippen molar-refractivity contribution in [2.75, 3.05) is 31.6 Å². The minimum Gasteiger partial charge on any atom is -0.506 e. The van der Waals surface area contributed by atoms with Gasteiger partial charge in [-0.3, -0.25) is 9.69 Å². The summed E-state index contributed by atoms with van der Waals surface area (Å²) in [7, 11) is 0. The van der Waals surface area contributed by atoms with Gasteiger partial charge in [0, 0.05) is 6.54 Å². The molecule has 1 aromatic rings. The smallest absolute Gasteiger partial charge is 0.401 e. The minimum absolute atomic E-state index is 0.0264. The molecule has 8 heteroatoms. The molecule has 128 valence electrons. The maximum Gasteiger partial charge on any atom is 0.401 e. The van der Waals surface area contributed by atoms with Crippen molar-refractivity contribution >= 4 is 11.6 Å². The lowest BCUT2D eigenvalue weighted by atomic mass is 10.1. The van der Waals surface area contributed by atoms with Crippen molar-refractivity contribution in [3.63, 3.8) is 0 Å². The molecular weight excluding hydrogens is 313 g/mol. The Bertz CT molecular complexity index is 563. The van der Waals surface area contributed by atoms with E-state index in [4.69, 9.17) is 4.74 Å². The number of hydrogen-bond donors (Lipinski definition) is 2. The molecule has 1 aromatic carbocycles. The Morgan fingerprint density at radius 3 is 2.87 bits per heavy atom. The van der Waals surface area contributed by atoms with E-state index in [1.807, 2.05) is 6.92 Å². The zero-order valence-corrected chi connectivity index (χ0v) is 12.7. The van der Waals surface area contributed by atoms with Crippen LogP contribution in [0.25, 0.3) is 0 Å². The largest absolute Gasteiger partial charge is 0.506 e. The molecule has 1 amide bonds. The number of anilines is 1. The van der Waals surface area contributed by atoms with E-state index in [1.165, 1.54) is 6.07 Å². The number of hydrogen-bond acceptors (Lipinski definition) is 4. The highest BCUT2D eigenvalue weighted by Crippen LogP contribution is 2.26. The first kappa shape index (κ1) is 17.6. The van der Waals surface area contributed by atoms with Gasteiger partial charge in [0.25, 0.3) is 0 Å². The maximum absolute atomic E-state index is 12.6. The number of nitrogens with zero attached hydrogens (tertiary/aromatic N) is 1. The summed E-state index contributed by atoms with van der Waals surface area (Å²) in [4.78, 5) is 13.3. The third-order valence-electron chi connectivity index (χ3n) is 3.65. The van der Waals surface area contributed by atoms with Crippen LogP contribution in [0.4, 0.5) is 18.9 Å². The lowest BCUT2D eigenvalue weighted by Crippen LogP contribution is -2.54. The van der Waals surface area contributed by atoms with Gasteiger partial charge in [0.2, 0.25) is 5.91 Å². The summed E-state index contributed by atoms with van der Waals surface area (Å²) in [5.74, 6) is -0.757. The van der Waals surface area contributed by atoms with Crippen LogP contribution in [0, 0.1) is 0 Å². The highest BCUT2D eigenvalue weighted by atomic mass is 19.4. The molecule has 1 saturated heterocycles. The van der Waals surface area contributed by atoms with Crippen molar-refractivity contribution in [2.24, 2.45) is 0 Å². The van der Waals surface area contributed by atoms with Crippen LogP contribution in [0.2, 0.25) is 0 Å². The number of halogens is 3. The lowest BCUT2D eigenvalue weighted by Gasteiger charge is -2.34. The van der Waals surface area contributed by atoms with Crippen LogP contribution >= 0.6 is 0 Å². The minimum atomic E-state index is -4.39. The Hall–Kier alpha value is -1.80. The van der Waals surface area contributed by atoms with E-state index in [1.54, 1.807) is 12.1 Å². The molecule has 0 spiro atoms. The van der Waals surface area contributed by atoms with Gasteiger partial charge in [0.15, 0.2) is 0 Å². The fourth-order valence-electron chi connectivity index (χ4n) is 2.42. The Kier molecular flexibility index (Phi) is 5.48. The average molecular weight is 332 g/mol. The topological polar surface area (TPSA) is 61.8 Å². The molecule has 23 heavy (non-hydrogen) atoms. The number of morpholine rings is 1. The standard InChI is InChI=1S/C15H19F3N2O3/c1-2-10-3-4-13(21)11(7-10)19-14(22)12-8-23-6-5-20(12)9-15(16,17)18/h3-4,7,12,21H,2,5-6,8-9H2,1H3,(H,19,22)/t12-/m1/s1. The number of phenols is 1. The quantitative estimate of drug-likeness (QED) is 0.830. The molecule has 2 rings (SSSR count). The number of carbonyl (C=O) groups excluding carboxylic acids is 1. The summed E-state index contributed by atoms with van der Waals surface area (Å²) in [6.45, 7) is 0.804. The second-order valence-electron chi connectivity index (χ2n) is 5.37. The van der Waals surface area contributed by atoms with E-state index in [-0.39, 0.29) is 31.2 Å². The Morgan fingerprint density at radius 2 is 2.22 bits per heavy atom. The zero-order valence-electron chi connectivity index (χ0n) is 12.7. The molecule has 0 bridgehead atoms. The zero-order chi connectivity index (χ0) is 17.0. The van der Waals surface area contributed by atoms with Gasteiger partial charge in [0.1, 0.15) is 11.8 Å². The normalized spacial score (nSPS) is 19.6. The van der Waals surface area contributed by atoms with Gasteiger partial charge in [-0.05, 0) is 24.1 Å². The Morgan fingerprint density at radius 1 is 1.48 bits per heavy atom. The number of rotatable bonds is 4. The Balaban J connectivity index is 2.11. The van der Waals surface area contributed by atoms with E-state index in [9.17, 15) is 23.1 Å². The van der Waals surface area contributed by atoms with Gasteiger partial charge >= 0.3 is 6.18 Å². The lowest BCUT2D eigenvalue weighted by molar-refractivity contribution is -0.165. The van der Waals surface area contributed by atoms with Crippen molar-refractivity contribution in [1.29, 1.82) is 0 Å². The first-order valence-electron chi connectivity index (χ1n) is 7.31. The van der Waals surface area contributed by atoms with Gasteiger partial charge < -0.3 is 15.2 Å². The fourth-order valence-corrected chi connectivity index (χ4v) is 2.42. The molecule has 2 N–H and O–H groups in total. The van der Waals surface area contributed by atoms with E-state index in [0.717, 1.165) is 10.5 Å². The van der Waals surface area contributed by atoms with Gasteiger partial charge in [-0.25, -0.2) is 0 Å². The number of aryl methyl sites for hydroxylation is 1. The van der Waals surface area contributed by atoms with Gasteiger partial charge in [-0.15, -0.1) is 0 Å². The number of alkyl halides is 3. The number of benzene rings is 1. The van der Waals surface area contributed by atoms with Crippen LogP contribution in [0.1, 0.15) is 12.5 Å². The molecule has 5 nitrogen and oxygen atoms in total. The van der Waals surface area contributed by atoms with Gasteiger partial charge in [-0.2, -0.15) is 13.2 Å². The third kappa shape index (κ3) is 4.84. The fraction of sp³-hybridized carbons (Fsp3) is 0.533. The van der Waals surface area contributed by atoms with Crippen molar-refractivity contribution in [2.45, 2.75) is 25.6 Å². The molecule has 0 saturated carbocycles. The second-order valence-corrected chi connectivity index (χ2v) is 5.37.